The van der Waals surface area contributed by atoms with Crippen molar-refractivity contribution in [3.8, 4) is 28.7 Å². The smallest absolute Gasteiger partial charge is 0.319 e. The molecule has 0 fully saturated rings. The number of halogens is 2. The zero-order chi connectivity index (χ0) is 46.1. The summed E-state index contributed by atoms with van der Waals surface area (Å²) >= 11 is 12.2. The number of nitrogens with zero attached hydrogens (tertiary/aromatic N) is 2. The van der Waals surface area contributed by atoms with Gasteiger partial charge in [-0.1, -0.05) is 83.9 Å². The Labute approximate surface area is 388 Å². The number of aromatic nitrogens is 1. The number of carbonyl (C=O) groups excluding carboxylic acids is 2. The number of urea groups is 1. The zero-order valence-electron chi connectivity index (χ0n) is 36.5. The van der Waals surface area contributed by atoms with Crippen LogP contribution in [0.5, 0.6) is 28.7 Å². The lowest BCUT2D eigenvalue weighted by Crippen LogP contribution is -2.57. The van der Waals surface area contributed by atoms with Crippen LogP contribution in [0.3, 0.4) is 0 Å². The van der Waals surface area contributed by atoms with Crippen molar-refractivity contribution < 1.29 is 38.4 Å². The van der Waals surface area contributed by atoms with Crippen molar-refractivity contribution in [3.63, 3.8) is 0 Å². The first-order valence-corrected chi connectivity index (χ1v) is 21.9. The molecule has 0 radical (unpaired) electrons. The summed E-state index contributed by atoms with van der Waals surface area (Å²) in [5, 5.41) is 14.2. The van der Waals surface area contributed by atoms with Gasteiger partial charge in [0.25, 0.3) is 6.47 Å². The molecule has 0 spiro atoms. The SMILES string of the molecule is Cc1nccc(Oc2ccc(CCNC(=O)C3Cc4cc5c(cc4CN3C(=O)NC(C)(C)c3ccccc3)OC(c3ccc(OCc4ccc(Cl)c(Cl)c4)cc3)CO5)cc2)c1C.O=CO. The van der Waals surface area contributed by atoms with Crippen LogP contribution in [0.25, 0.3) is 0 Å². The number of hydrogen-bond donors (Lipinski definition) is 3. The lowest BCUT2D eigenvalue weighted by molar-refractivity contribution is -0.126. The minimum atomic E-state index is -0.760. The van der Waals surface area contributed by atoms with E-state index in [0.29, 0.717) is 59.9 Å². The number of benzene rings is 5. The van der Waals surface area contributed by atoms with Crippen molar-refractivity contribution in [3.05, 3.63) is 176 Å². The number of ether oxygens (including phenoxy) is 4. The van der Waals surface area contributed by atoms with Crippen LogP contribution in [0.15, 0.2) is 121 Å². The molecule has 65 heavy (non-hydrogen) atoms. The predicted octanol–water partition coefficient (Wildman–Crippen LogP) is 10.3. The van der Waals surface area contributed by atoms with Gasteiger partial charge < -0.3 is 39.6 Å². The maximum atomic E-state index is 14.3. The third-order valence-electron chi connectivity index (χ3n) is 11.4. The molecule has 336 valence electrons. The zero-order valence-corrected chi connectivity index (χ0v) is 38.0. The minimum Gasteiger partial charge on any atom is -0.489 e. The van der Waals surface area contributed by atoms with Crippen molar-refractivity contribution in [1.82, 2.24) is 20.5 Å². The molecule has 12 nitrogen and oxygen atoms in total. The summed E-state index contributed by atoms with van der Waals surface area (Å²) in [6.07, 6.45) is 2.28. The average molecular weight is 918 g/mol. The van der Waals surface area contributed by atoms with Crippen LogP contribution in [-0.2, 0) is 41.1 Å². The van der Waals surface area contributed by atoms with E-state index in [-0.39, 0.29) is 31.1 Å². The molecule has 14 heteroatoms. The van der Waals surface area contributed by atoms with Gasteiger partial charge in [0.1, 0.15) is 36.5 Å². The molecule has 2 aliphatic heterocycles. The largest absolute Gasteiger partial charge is 0.489 e. The molecule has 2 aliphatic rings. The molecule has 1 aromatic heterocycles. The summed E-state index contributed by atoms with van der Waals surface area (Å²) in [5.41, 5.74) is 6.86. The predicted molar refractivity (Wildman–Crippen MR) is 249 cm³/mol. The summed E-state index contributed by atoms with van der Waals surface area (Å²) in [6.45, 7) is 8.85. The molecule has 0 aliphatic carbocycles. The Morgan fingerprint density at radius 3 is 2.29 bits per heavy atom. The number of nitrogens with one attached hydrogen (secondary N) is 2. The molecule has 0 saturated heterocycles. The van der Waals surface area contributed by atoms with Crippen LogP contribution in [-0.4, -0.2) is 52.6 Å². The number of carbonyl (C=O) groups is 3. The number of rotatable bonds is 12. The second-order valence-electron chi connectivity index (χ2n) is 16.3. The number of fused-ring (bicyclic) bond motifs is 2. The lowest BCUT2D eigenvalue weighted by atomic mass is 9.92. The molecule has 3 heterocycles. The summed E-state index contributed by atoms with van der Waals surface area (Å²) in [4.78, 5) is 42.6. The Bertz CT molecular complexity index is 2630. The van der Waals surface area contributed by atoms with Gasteiger partial charge >= 0.3 is 6.03 Å². The number of carboxylic acid groups (broad SMARTS) is 1. The van der Waals surface area contributed by atoms with E-state index in [1.54, 1.807) is 23.2 Å². The Morgan fingerprint density at radius 1 is 0.877 bits per heavy atom. The van der Waals surface area contributed by atoms with Gasteiger partial charge in [-0.3, -0.25) is 14.6 Å². The molecular formula is C51H50Cl2N4O8. The van der Waals surface area contributed by atoms with Crippen LogP contribution in [0, 0.1) is 13.8 Å². The molecule has 8 rings (SSSR count). The third-order valence-corrected chi connectivity index (χ3v) is 12.2. The molecule has 3 N–H and O–H groups in total. The normalized spacial score (nSPS) is 15.1. The van der Waals surface area contributed by atoms with Gasteiger partial charge in [0, 0.05) is 37.0 Å². The summed E-state index contributed by atoms with van der Waals surface area (Å²) in [5.74, 6) is 3.14. The number of pyridine rings is 1. The highest BCUT2D eigenvalue weighted by atomic mass is 35.5. The van der Waals surface area contributed by atoms with Gasteiger partial charge in [-0.2, -0.15) is 0 Å². The Hall–Kier alpha value is -6.76. The summed E-state index contributed by atoms with van der Waals surface area (Å²) in [7, 11) is 0. The fourth-order valence-corrected chi connectivity index (χ4v) is 7.95. The van der Waals surface area contributed by atoms with Gasteiger partial charge in [-0.15, -0.1) is 0 Å². The standard InChI is InChI=1S/C50H48Cl2N4O6.CH2O2/c1-31-32(2)53-23-21-44(31)61-40-15-10-33(11-16-40)20-22-54-48(57)43-25-36-26-45-46(27-37(36)28-56(43)49(58)55-50(3,4)38-8-6-5-7-9-38)62-47(30-60-45)35-13-17-39(18-14-35)59-29-34-12-19-41(51)42(52)24-34;2-1-3/h5-19,21,23-24,26-27,43,47H,20,22,25,28-30H2,1-4H3,(H,54,57)(H,55,58);1H,(H,2,3). The highest BCUT2D eigenvalue weighted by Crippen LogP contribution is 2.41. The topological polar surface area (TPSA) is 149 Å². The van der Waals surface area contributed by atoms with Gasteiger partial charge in [-0.25, -0.2) is 4.79 Å². The van der Waals surface area contributed by atoms with Crippen LogP contribution in [0.1, 0.15) is 64.6 Å². The summed E-state index contributed by atoms with van der Waals surface area (Å²) < 4.78 is 24.9. The van der Waals surface area contributed by atoms with E-state index >= 15 is 0 Å². The van der Waals surface area contributed by atoms with Crippen LogP contribution in [0.4, 0.5) is 4.79 Å². The highest BCUT2D eigenvalue weighted by molar-refractivity contribution is 6.42. The molecular weight excluding hydrogens is 867 g/mol. The molecule has 0 bridgehead atoms. The number of hydrogen-bond acceptors (Lipinski definition) is 8. The fourth-order valence-electron chi connectivity index (χ4n) is 7.63. The van der Waals surface area contributed by atoms with Crippen molar-refractivity contribution in [1.29, 1.82) is 0 Å². The van der Waals surface area contributed by atoms with Gasteiger partial charge in [0.05, 0.1) is 15.6 Å². The van der Waals surface area contributed by atoms with Crippen LogP contribution >= 0.6 is 23.2 Å². The molecule has 5 aromatic carbocycles. The summed E-state index contributed by atoms with van der Waals surface area (Å²) in [6, 6.07) is 35.4. The van der Waals surface area contributed by atoms with Crippen molar-refractivity contribution in [2.75, 3.05) is 13.2 Å². The van der Waals surface area contributed by atoms with E-state index in [1.807, 2.05) is 131 Å². The van der Waals surface area contributed by atoms with Gasteiger partial charge in [0.15, 0.2) is 17.6 Å². The Balaban J connectivity index is 0.00000204. The van der Waals surface area contributed by atoms with E-state index in [2.05, 4.69) is 15.6 Å². The lowest BCUT2D eigenvalue weighted by Gasteiger charge is -2.39. The number of amides is 3. The van der Waals surface area contributed by atoms with Gasteiger partial charge in [0.2, 0.25) is 5.91 Å². The minimum absolute atomic E-state index is 0.203. The van der Waals surface area contributed by atoms with Crippen LogP contribution in [0.2, 0.25) is 10.0 Å². The number of aryl methyl sites for hydroxylation is 1. The monoisotopic (exact) mass is 916 g/mol. The first-order chi connectivity index (χ1) is 31.3. The first-order valence-electron chi connectivity index (χ1n) is 21.1. The quantitative estimate of drug-likeness (QED) is 0.102. The van der Waals surface area contributed by atoms with E-state index < -0.39 is 11.6 Å². The van der Waals surface area contributed by atoms with Gasteiger partial charge in [-0.05, 0) is 122 Å². The van der Waals surface area contributed by atoms with E-state index in [9.17, 15) is 9.59 Å². The maximum Gasteiger partial charge on any atom is 0.319 e. The first kappa shape index (κ1) is 46.2. The van der Waals surface area contributed by atoms with Crippen molar-refractivity contribution in [2.24, 2.45) is 0 Å². The Morgan fingerprint density at radius 2 is 1.57 bits per heavy atom. The Kier molecular flexibility index (Phi) is 14.8. The molecule has 0 saturated carbocycles. The average Bonchev–Trinajstić information content (AvgIpc) is 3.30. The fraction of sp³-hybridized carbons (Fsp3) is 0.255. The van der Waals surface area contributed by atoms with E-state index in [0.717, 1.165) is 56.1 Å². The molecule has 3 amide bonds. The second-order valence-corrected chi connectivity index (χ2v) is 17.1. The molecule has 2 atom stereocenters. The molecule has 2 unspecified atom stereocenters. The third kappa shape index (κ3) is 11.5. The van der Waals surface area contributed by atoms with Crippen molar-refractivity contribution >= 4 is 41.6 Å². The van der Waals surface area contributed by atoms with E-state index in [1.165, 1.54) is 0 Å². The highest BCUT2D eigenvalue weighted by Gasteiger charge is 2.38. The van der Waals surface area contributed by atoms with E-state index in [4.69, 9.17) is 52.1 Å². The second kappa shape index (κ2) is 20.8. The maximum absolute atomic E-state index is 14.3. The molecule has 6 aromatic rings. The van der Waals surface area contributed by atoms with Crippen molar-refractivity contribution in [2.45, 2.75) is 71.4 Å². The van der Waals surface area contributed by atoms with Crippen LogP contribution < -0.4 is 29.6 Å².